The summed E-state index contributed by atoms with van der Waals surface area (Å²) in [4.78, 5) is 17.3. The molecule has 1 fully saturated rings. The zero-order valence-corrected chi connectivity index (χ0v) is 18.1. The molecule has 0 aliphatic carbocycles. The molecule has 1 unspecified atom stereocenters. The maximum atomic E-state index is 12.9. The first-order chi connectivity index (χ1) is 14.0. The van der Waals surface area contributed by atoms with Crippen LogP contribution in [0, 0.1) is 0 Å². The lowest BCUT2D eigenvalue weighted by Gasteiger charge is -2.34. The molecule has 4 rings (SSSR count). The number of rotatable bonds is 6. The fourth-order valence-electron chi connectivity index (χ4n) is 4.67. The fourth-order valence-corrected chi connectivity index (χ4v) is 4.67. The molecule has 1 aromatic heterocycles. The van der Waals surface area contributed by atoms with Crippen LogP contribution in [0.2, 0.25) is 0 Å². The quantitative estimate of drug-likeness (QED) is 0.745. The third kappa shape index (κ3) is 4.01. The van der Waals surface area contributed by atoms with Gasteiger partial charge in [-0.3, -0.25) is 4.79 Å². The van der Waals surface area contributed by atoms with Gasteiger partial charge in [0.15, 0.2) is 0 Å². The highest BCUT2D eigenvalue weighted by Gasteiger charge is 2.30. The molecular weight excluding hydrogens is 366 g/mol. The first kappa shape index (κ1) is 20.2. The lowest BCUT2D eigenvalue weighted by molar-refractivity contribution is 0.0613. The maximum absolute atomic E-state index is 12.9. The van der Waals surface area contributed by atoms with E-state index in [0.29, 0.717) is 25.7 Å². The van der Waals surface area contributed by atoms with E-state index in [4.69, 9.17) is 9.47 Å². The molecule has 0 radical (unpaired) electrons. The molecule has 2 aliphatic rings. The molecular formula is C23H33N3O3. The Balaban J connectivity index is 1.52. The number of hydrogen-bond donors (Lipinski definition) is 0. The Labute approximate surface area is 173 Å². The number of hydrogen-bond acceptors (Lipinski definition) is 4. The summed E-state index contributed by atoms with van der Waals surface area (Å²) in [5, 5.41) is 1.07. The maximum Gasteiger partial charge on any atom is 0.270 e. The van der Waals surface area contributed by atoms with Gasteiger partial charge in [0.2, 0.25) is 0 Å². The Morgan fingerprint density at radius 1 is 1.17 bits per heavy atom. The first-order valence-corrected chi connectivity index (χ1v) is 10.8. The summed E-state index contributed by atoms with van der Waals surface area (Å²) >= 11 is 0. The molecule has 6 heteroatoms. The van der Waals surface area contributed by atoms with E-state index < -0.39 is 0 Å². The number of likely N-dealkylation sites (tertiary alicyclic amines) is 1. The van der Waals surface area contributed by atoms with Gasteiger partial charge in [-0.1, -0.05) is 0 Å². The lowest BCUT2D eigenvalue weighted by atomic mass is 10.1. The second-order valence-electron chi connectivity index (χ2n) is 8.66. The third-order valence-corrected chi connectivity index (χ3v) is 6.32. The average molecular weight is 400 g/mol. The molecule has 1 saturated heterocycles. The van der Waals surface area contributed by atoms with Gasteiger partial charge in [0.25, 0.3) is 5.91 Å². The van der Waals surface area contributed by atoms with Crippen molar-refractivity contribution in [3.05, 3.63) is 30.0 Å². The van der Waals surface area contributed by atoms with Gasteiger partial charge in [-0.05, 0) is 57.9 Å². The Kier molecular flexibility index (Phi) is 5.83. The molecule has 1 atom stereocenters. The SMILES string of the molecule is COCCN1CC(C)n2c(cc3cc(OC4CCN(C(C)C)CC4)ccc32)C1=O. The van der Waals surface area contributed by atoms with E-state index in [9.17, 15) is 4.79 Å². The van der Waals surface area contributed by atoms with E-state index in [1.807, 2.05) is 11.0 Å². The van der Waals surface area contributed by atoms with Crippen molar-refractivity contribution < 1.29 is 14.3 Å². The van der Waals surface area contributed by atoms with Crippen molar-refractivity contribution >= 4 is 16.8 Å². The van der Waals surface area contributed by atoms with Gasteiger partial charge >= 0.3 is 0 Å². The van der Waals surface area contributed by atoms with Crippen LogP contribution >= 0.6 is 0 Å². The number of aromatic nitrogens is 1. The number of nitrogens with zero attached hydrogens (tertiary/aromatic N) is 3. The van der Waals surface area contributed by atoms with Crippen LogP contribution < -0.4 is 4.74 Å². The summed E-state index contributed by atoms with van der Waals surface area (Å²) in [5.41, 5.74) is 1.87. The zero-order chi connectivity index (χ0) is 20.5. The average Bonchev–Trinajstić information content (AvgIpc) is 3.09. The minimum absolute atomic E-state index is 0.0832. The predicted octanol–water partition coefficient (Wildman–Crippen LogP) is 3.56. The highest BCUT2D eigenvalue weighted by Crippen LogP contribution is 2.32. The molecule has 0 saturated carbocycles. The highest BCUT2D eigenvalue weighted by molar-refractivity contribution is 6.00. The number of carbonyl (C=O) groups excluding carboxylic acids is 1. The van der Waals surface area contributed by atoms with Crippen LogP contribution in [0.1, 0.15) is 50.1 Å². The molecule has 29 heavy (non-hydrogen) atoms. The van der Waals surface area contributed by atoms with Crippen LogP contribution in [0.4, 0.5) is 0 Å². The van der Waals surface area contributed by atoms with Crippen LogP contribution in [0.3, 0.4) is 0 Å². The smallest absolute Gasteiger partial charge is 0.270 e. The van der Waals surface area contributed by atoms with Crippen molar-refractivity contribution in [3.63, 3.8) is 0 Å². The van der Waals surface area contributed by atoms with Gasteiger partial charge in [-0.2, -0.15) is 0 Å². The molecule has 2 aromatic rings. The lowest BCUT2D eigenvalue weighted by Crippen LogP contribution is -2.43. The highest BCUT2D eigenvalue weighted by atomic mass is 16.5. The Hall–Kier alpha value is -2.05. The van der Waals surface area contributed by atoms with E-state index in [-0.39, 0.29) is 18.1 Å². The molecule has 0 spiro atoms. The molecule has 0 N–H and O–H groups in total. The number of ether oxygens (including phenoxy) is 2. The van der Waals surface area contributed by atoms with Crippen molar-refractivity contribution in [2.24, 2.45) is 0 Å². The summed E-state index contributed by atoms with van der Waals surface area (Å²) in [6.07, 6.45) is 2.39. The van der Waals surface area contributed by atoms with Crippen molar-refractivity contribution in [1.82, 2.24) is 14.4 Å². The van der Waals surface area contributed by atoms with Crippen LogP contribution in [0.15, 0.2) is 24.3 Å². The van der Waals surface area contributed by atoms with Crippen molar-refractivity contribution in [2.45, 2.75) is 51.8 Å². The van der Waals surface area contributed by atoms with Gasteiger partial charge in [-0.15, -0.1) is 0 Å². The minimum atomic E-state index is 0.0832. The van der Waals surface area contributed by atoms with E-state index in [0.717, 1.165) is 48.3 Å². The largest absolute Gasteiger partial charge is 0.490 e. The van der Waals surface area contributed by atoms with Crippen molar-refractivity contribution in [3.8, 4) is 5.75 Å². The molecule has 3 heterocycles. The number of fused-ring (bicyclic) bond motifs is 3. The van der Waals surface area contributed by atoms with Crippen LogP contribution in [-0.4, -0.2) is 72.3 Å². The summed E-state index contributed by atoms with van der Waals surface area (Å²) < 4.78 is 13.6. The topological polar surface area (TPSA) is 46.9 Å². The van der Waals surface area contributed by atoms with E-state index >= 15 is 0 Å². The third-order valence-electron chi connectivity index (χ3n) is 6.32. The normalized spacial score (nSPS) is 21.2. The Bertz CT molecular complexity index is 868. The predicted molar refractivity (Wildman–Crippen MR) is 115 cm³/mol. The fraction of sp³-hybridized carbons (Fsp3) is 0.609. The summed E-state index contributed by atoms with van der Waals surface area (Å²) in [7, 11) is 1.67. The molecule has 0 bridgehead atoms. The van der Waals surface area contributed by atoms with Gasteiger partial charge in [0, 0.05) is 56.3 Å². The van der Waals surface area contributed by atoms with Crippen LogP contribution in [-0.2, 0) is 4.74 Å². The summed E-state index contributed by atoms with van der Waals surface area (Å²) in [6.45, 7) is 10.8. The van der Waals surface area contributed by atoms with E-state index in [1.54, 1.807) is 7.11 Å². The van der Waals surface area contributed by atoms with Gasteiger partial charge in [-0.25, -0.2) is 0 Å². The first-order valence-electron chi connectivity index (χ1n) is 10.8. The second kappa shape index (κ2) is 8.36. The monoisotopic (exact) mass is 399 g/mol. The standard InChI is InChI=1S/C23H33N3O3/c1-16(2)24-9-7-19(8-10-24)29-20-5-6-21-18(13-20)14-22-23(27)25(11-12-28-4)15-17(3)26(21)22/h5-6,13-14,16-17,19H,7-12,15H2,1-4H3. The summed E-state index contributed by atoms with van der Waals surface area (Å²) in [5.74, 6) is 0.986. The molecule has 2 aliphatic heterocycles. The number of methoxy groups -OCH3 is 1. The minimum Gasteiger partial charge on any atom is -0.490 e. The summed E-state index contributed by atoms with van der Waals surface area (Å²) in [6, 6.07) is 9.11. The number of carbonyl (C=O) groups is 1. The van der Waals surface area contributed by atoms with Crippen molar-refractivity contribution in [1.29, 1.82) is 0 Å². The molecule has 158 valence electrons. The zero-order valence-electron chi connectivity index (χ0n) is 18.1. The molecule has 6 nitrogen and oxygen atoms in total. The van der Waals surface area contributed by atoms with Crippen LogP contribution in [0.25, 0.3) is 10.9 Å². The molecule has 1 aromatic carbocycles. The van der Waals surface area contributed by atoms with Gasteiger partial charge in [0.1, 0.15) is 17.5 Å². The van der Waals surface area contributed by atoms with Gasteiger partial charge in [0.05, 0.1) is 6.61 Å². The van der Waals surface area contributed by atoms with Gasteiger partial charge < -0.3 is 23.8 Å². The number of piperidine rings is 1. The molecule has 1 amide bonds. The van der Waals surface area contributed by atoms with Crippen molar-refractivity contribution in [2.75, 3.05) is 39.9 Å². The van der Waals surface area contributed by atoms with E-state index in [1.165, 1.54) is 0 Å². The second-order valence-corrected chi connectivity index (χ2v) is 8.66. The number of benzene rings is 1. The Morgan fingerprint density at radius 3 is 2.62 bits per heavy atom. The Morgan fingerprint density at radius 2 is 1.93 bits per heavy atom. The number of amides is 1. The van der Waals surface area contributed by atoms with E-state index in [2.05, 4.69) is 48.4 Å². The van der Waals surface area contributed by atoms with Crippen LogP contribution in [0.5, 0.6) is 5.75 Å².